The molecule has 0 aliphatic carbocycles. The number of benzene rings is 1. The fraction of sp³-hybridized carbons (Fsp3) is 0.400. The maximum Gasteiger partial charge on any atom is 0.271 e. The molecule has 0 aliphatic rings. The fourth-order valence-electron chi connectivity index (χ4n) is 1.27. The Hall–Kier alpha value is -1.33. The molecule has 0 aromatic heterocycles. The van der Waals surface area contributed by atoms with Crippen molar-refractivity contribution in [3.05, 3.63) is 33.3 Å². The van der Waals surface area contributed by atoms with Crippen LogP contribution in [0.3, 0.4) is 0 Å². The molecule has 6 heteroatoms. The number of nitrogens with one attached hydrogen (secondary N) is 1. The Kier molecular flexibility index (Phi) is 4.52. The third-order valence-corrected chi connectivity index (χ3v) is 2.44. The topological polar surface area (TPSA) is 75.4 Å². The third kappa shape index (κ3) is 3.36. The van der Waals surface area contributed by atoms with E-state index < -0.39 is 4.92 Å². The molecule has 0 saturated carbocycles. The molecule has 0 radical (unpaired) electrons. The van der Waals surface area contributed by atoms with Gasteiger partial charge in [0.25, 0.3) is 5.69 Å². The third-order valence-electron chi connectivity index (χ3n) is 2.13. The van der Waals surface area contributed by atoms with Crippen molar-refractivity contribution in [2.75, 3.05) is 11.9 Å². The molecular weight excluding hydrogens is 232 g/mol. The van der Waals surface area contributed by atoms with Crippen molar-refractivity contribution in [1.82, 2.24) is 0 Å². The Morgan fingerprint density at radius 1 is 1.62 bits per heavy atom. The highest BCUT2D eigenvalue weighted by molar-refractivity contribution is 6.33. The van der Waals surface area contributed by atoms with Crippen LogP contribution in [0.4, 0.5) is 11.4 Å². The van der Waals surface area contributed by atoms with Crippen molar-refractivity contribution in [1.29, 1.82) is 0 Å². The minimum absolute atomic E-state index is 0.0367. The number of rotatable bonds is 5. The molecule has 0 heterocycles. The summed E-state index contributed by atoms with van der Waals surface area (Å²) >= 11 is 5.89. The van der Waals surface area contributed by atoms with Gasteiger partial charge in [0, 0.05) is 24.8 Å². The number of non-ortho nitro benzene ring substituents is 1. The van der Waals surface area contributed by atoms with Gasteiger partial charge in [0.15, 0.2) is 0 Å². The molecule has 1 atom stereocenters. The summed E-state index contributed by atoms with van der Waals surface area (Å²) in [5.74, 6) is 0. The van der Waals surface area contributed by atoms with Crippen LogP contribution in [0.1, 0.15) is 13.3 Å². The van der Waals surface area contributed by atoms with E-state index in [1.54, 1.807) is 6.07 Å². The second-order valence-corrected chi connectivity index (χ2v) is 3.89. The molecule has 0 aliphatic heterocycles. The molecule has 16 heavy (non-hydrogen) atoms. The van der Waals surface area contributed by atoms with Crippen molar-refractivity contribution >= 4 is 23.0 Å². The van der Waals surface area contributed by atoms with E-state index in [-0.39, 0.29) is 18.3 Å². The number of anilines is 1. The second-order valence-electron chi connectivity index (χ2n) is 3.48. The van der Waals surface area contributed by atoms with Crippen LogP contribution in [0.15, 0.2) is 18.2 Å². The summed E-state index contributed by atoms with van der Waals surface area (Å²) in [7, 11) is 0. The van der Waals surface area contributed by atoms with Crippen molar-refractivity contribution in [3.63, 3.8) is 0 Å². The van der Waals surface area contributed by atoms with Gasteiger partial charge in [0.2, 0.25) is 0 Å². The second kappa shape index (κ2) is 5.67. The van der Waals surface area contributed by atoms with E-state index in [4.69, 9.17) is 16.7 Å². The van der Waals surface area contributed by atoms with Crippen LogP contribution >= 0.6 is 11.6 Å². The molecule has 88 valence electrons. The van der Waals surface area contributed by atoms with E-state index in [0.29, 0.717) is 17.1 Å². The van der Waals surface area contributed by atoms with Gasteiger partial charge in [-0.2, -0.15) is 0 Å². The zero-order valence-corrected chi connectivity index (χ0v) is 9.57. The first kappa shape index (κ1) is 12.7. The number of halogens is 1. The molecule has 1 unspecified atom stereocenters. The molecule has 0 fully saturated rings. The first-order valence-electron chi connectivity index (χ1n) is 4.86. The van der Waals surface area contributed by atoms with Crippen LogP contribution in [0.5, 0.6) is 0 Å². The van der Waals surface area contributed by atoms with E-state index in [9.17, 15) is 10.1 Å². The van der Waals surface area contributed by atoms with Gasteiger partial charge < -0.3 is 10.4 Å². The first-order chi connectivity index (χ1) is 7.54. The molecule has 2 N–H and O–H groups in total. The highest BCUT2D eigenvalue weighted by Crippen LogP contribution is 2.27. The first-order valence-corrected chi connectivity index (χ1v) is 5.23. The summed E-state index contributed by atoms with van der Waals surface area (Å²) in [5, 5.41) is 22.6. The van der Waals surface area contributed by atoms with Gasteiger partial charge in [-0.3, -0.25) is 10.1 Å². The van der Waals surface area contributed by atoms with Crippen molar-refractivity contribution in [2.45, 2.75) is 19.4 Å². The van der Waals surface area contributed by atoms with Gasteiger partial charge >= 0.3 is 0 Å². The highest BCUT2D eigenvalue weighted by Gasteiger charge is 2.10. The summed E-state index contributed by atoms with van der Waals surface area (Å²) in [6.07, 6.45) is 0.591. The lowest BCUT2D eigenvalue weighted by molar-refractivity contribution is -0.384. The standard InChI is InChI=1S/C10H13ClN2O3/c1-7(4-5-14)12-10-3-2-8(13(15)16)6-9(10)11/h2-3,6-7,12,14H,4-5H2,1H3. The lowest BCUT2D eigenvalue weighted by Crippen LogP contribution is -2.16. The molecule has 1 aromatic rings. The monoisotopic (exact) mass is 244 g/mol. The van der Waals surface area contributed by atoms with E-state index in [2.05, 4.69) is 5.32 Å². The predicted octanol–water partition coefficient (Wildman–Crippen LogP) is 2.43. The normalized spacial score (nSPS) is 12.2. The lowest BCUT2D eigenvalue weighted by Gasteiger charge is -2.14. The van der Waals surface area contributed by atoms with Gasteiger partial charge in [-0.25, -0.2) is 0 Å². The van der Waals surface area contributed by atoms with E-state index >= 15 is 0 Å². The van der Waals surface area contributed by atoms with Gasteiger partial charge in [0.05, 0.1) is 15.6 Å². The minimum Gasteiger partial charge on any atom is -0.396 e. The Morgan fingerprint density at radius 2 is 2.31 bits per heavy atom. The van der Waals surface area contributed by atoms with Crippen molar-refractivity contribution < 1.29 is 10.0 Å². The van der Waals surface area contributed by atoms with Gasteiger partial charge in [-0.05, 0) is 19.4 Å². The predicted molar refractivity (Wildman–Crippen MR) is 62.9 cm³/mol. The number of hydrogen-bond donors (Lipinski definition) is 2. The number of nitro groups is 1. The summed E-state index contributed by atoms with van der Waals surface area (Å²) in [4.78, 5) is 9.99. The summed E-state index contributed by atoms with van der Waals surface area (Å²) in [6.45, 7) is 1.98. The number of aliphatic hydroxyl groups excluding tert-OH is 1. The quantitative estimate of drug-likeness (QED) is 0.616. The molecule has 0 saturated heterocycles. The molecule has 0 spiro atoms. The van der Waals surface area contributed by atoms with Crippen LogP contribution in [0.2, 0.25) is 5.02 Å². The average molecular weight is 245 g/mol. The largest absolute Gasteiger partial charge is 0.396 e. The number of hydrogen-bond acceptors (Lipinski definition) is 4. The number of nitrogens with zero attached hydrogens (tertiary/aromatic N) is 1. The Labute approximate surface area is 98.2 Å². The molecular formula is C10H13ClN2O3. The van der Waals surface area contributed by atoms with Crippen molar-refractivity contribution in [2.24, 2.45) is 0 Å². The van der Waals surface area contributed by atoms with Crippen LogP contribution in [0.25, 0.3) is 0 Å². The summed E-state index contributed by atoms with van der Waals surface area (Å²) in [6, 6.07) is 4.31. The van der Waals surface area contributed by atoms with E-state index in [0.717, 1.165) is 0 Å². The molecule has 5 nitrogen and oxygen atoms in total. The van der Waals surface area contributed by atoms with Crippen LogP contribution in [0, 0.1) is 10.1 Å². The highest BCUT2D eigenvalue weighted by atomic mass is 35.5. The lowest BCUT2D eigenvalue weighted by atomic mass is 10.2. The van der Waals surface area contributed by atoms with Gasteiger partial charge in [0.1, 0.15) is 0 Å². The van der Waals surface area contributed by atoms with Crippen LogP contribution in [-0.2, 0) is 0 Å². The number of aliphatic hydroxyl groups is 1. The van der Waals surface area contributed by atoms with E-state index in [1.165, 1.54) is 12.1 Å². The molecule has 0 bridgehead atoms. The molecule has 0 amide bonds. The summed E-state index contributed by atoms with van der Waals surface area (Å²) in [5.41, 5.74) is 0.596. The Balaban J connectivity index is 2.79. The Morgan fingerprint density at radius 3 is 2.81 bits per heavy atom. The summed E-state index contributed by atoms with van der Waals surface area (Å²) < 4.78 is 0. The maximum atomic E-state index is 10.5. The molecule has 1 aromatic carbocycles. The zero-order valence-electron chi connectivity index (χ0n) is 8.81. The number of nitro benzene ring substituents is 1. The van der Waals surface area contributed by atoms with Crippen LogP contribution in [-0.4, -0.2) is 22.7 Å². The smallest absolute Gasteiger partial charge is 0.271 e. The van der Waals surface area contributed by atoms with Gasteiger partial charge in [-0.1, -0.05) is 11.6 Å². The fourth-order valence-corrected chi connectivity index (χ4v) is 1.50. The minimum atomic E-state index is -0.493. The van der Waals surface area contributed by atoms with Crippen LogP contribution < -0.4 is 5.32 Å². The average Bonchev–Trinajstić information content (AvgIpc) is 2.21. The SMILES string of the molecule is CC(CCO)Nc1ccc([N+](=O)[O-])cc1Cl. The van der Waals surface area contributed by atoms with Crippen molar-refractivity contribution in [3.8, 4) is 0 Å². The maximum absolute atomic E-state index is 10.5. The molecule has 1 rings (SSSR count). The van der Waals surface area contributed by atoms with E-state index in [1.807, 2.05) is 6.92 Å². The Bertz CT molecular complexity index is 384. The zero-order chi connectivity index (χ0) is 12.1. The van der Waals surface area contributed by atoms with Gasteiger partial charge in [-0.15, -0.1) is 0 Å².